The number of carbonyl (C=O) groups is 1. The van der Waals surface area contributed by atoms with Gasteiger partial charge in [-0.25, -0.2) is 13.1 Å². The van der Waals surface area contributed by atoms with Crippen molar-refractivity contribution >= 4 is 38.9 Å². The highest BCUT2D eigenvalue weighted by atomic mass is 35.5. The first kappa shape index (κ1) is 23.6. The van der Waals surface area contributed by atoms with E-state index in [0.29, 0.717) is 28.6 Å². The zero-order chi connectivity index (χ0) is 24.0. The standard InChI is InChI=1S/C25H22ClN3O4S/c26-23-15-20(10-13-24(23)27-16-18-5-2-1-3-6-18)29-25(30)19-8-11-22(12-9-19)34(31,32)28-17-21-7-4-14-33-21/h1-15,27-28H,16-17H2,(H,29,30). The van der Waals surface area contributed by atoms with Crippen LogP contribution >= 0.6 is 11.6 Å². The van der Waals surface area contributed by atoms with Gasteiger partial charge in [0.2, 0.25) is 10.0 Å². The fourth-order valence-electron chi connectivity index (χ4n) is 3.18. The lowest BCUT2D eigenvalue weighted by molar-refractivity contribution is 0.102. The van der Waals surface area contributed by atoms with Crippen LogP contribution in [-0.2, 0) is 23.1 Å². The quantitative estimate of drug-likeness (QED) is 0.293. The highest BCUT2D eigenvalue weighted by molar-refractivity contribution is 7.89. The first-order valence-electron chi connectivity index (χ1n) is 10.4. The van der Waals surface area contributed by atoms with E-state index >= 15 is 0 Å². The maximum atomic E-state index is 12.6. The molecule has 1 aromatic heterocycles. The first-order chi connectivity index (χ1) is 16.4. The lowest BCUT2D eigenvalue weighted by Gasteiger charge is -2.11. The van der Waals surface area contributed by atoms with Crippen LogP contribution in [0.4, 0.5) is 11.4 Å². The molecule has 0 fully saturated rings. The van der Waals surface area contributed by atoms with Crippen LogP contribution in [0.3, 0.4) is 0 Å². The molecule has 1 amide bonds. The zero-order valence-corrected chi connectivity index (χ0v) is 19.6. The van der Waals surface area contributed by atoms with E-state index in [-0.39, 0.29) is 17.3 Å². The number of sulfonamides is 1. The molecular weight excluding hydrogens is 474 g/mol. The Morgan fingerprint density at radius 1 is 0.882 bits per heavy atom. The lowest BCUT2D eigenvalue weighted by atomic mass is 10.2. The summed E-state index contributed by atoms with van der Waals surface area (Å²) >= 11 is 6.37. The number of hydrogen-bond acceptors (Lipinski definition) is 5. The molecule has 34 heavy (non-hydrogen) atoms. The van der Waals surface area contributed by atoms with E-state index in [1.807, 2.05) is 30.3 Å². The van der Waals surface area contributed by atoms with Crippen LogP contribution in [0, 0.1) is 0 Å². The SMILES string of the molecule is O=C(Nc1ccc(NCc2ccccc2)c(Cl)c1)c1ccc(S(=O)(=O)NCc2ccco2)cc1. The maximum Gasteiger partial charge on any atom is 0.255 e. The van der Waals surface area contributed by atoms with Gasteiger partial charge in [-0.05, 0) is 60.2 Å². The van der Waals surface area contributed by atoms with Gasteiger partial charge in [-0.2, -0.15) is 0 Å². The Labute approximate surface area is 202 Å². The maximum absolute atomic E-state index is 12.6. The molecule has 0 unspecified atom stereocenters. The van der Waals surface area contributed by atoms with Gasteiger partial charge in [0.15, 0.2) is 0 Å². The van der Waals surface area contributed by atoms with Crippen molar-refractivity contribution in [1.82, 2.24) is 4.72 Å². The summed E-state index contributed by atoms with van der Waals surface area (Å²) in [5.41, 5.74) is 2.71. The Kier molecular flexibility index (Phi) is 7.32. The molecule has 7 nitrogen and oxygen atoms in total. The van der Waals surface area contributed by atoms with Gasteiger partial charge in [0.05, 0.1) is 28.4 Å². The van der Waals surface area contributed by atoms with Gasteiger partial charge < -0.3 is 15.1 Å². The van der Waals surface area contributed by atoms with Crippen molar-refractivity contribution in [2.75, 3.05) is 10.6 Å². The molecule has 0 aliphatic carbocycles. The molecule has 3 aromatic carbocycles. The summed E-state index contributed by atoms with van der Waals surface area (Å²) in [6, 6.07) is 24.1. The van der Waals surface area contributed by atoms with Crippen LogP contribution in [-0.4, -0.2) is 14.3 Å². The third-order valence-electron chi connectivity index (χ3n) is 5.00. The number of halogens is 1. The van der Waals surface area contributed by atoms with E-state index in [0.717, 1.165) is 11.3 Å². The van der Waals surface area contributed by atoms with Crippen molar-refractivity contribution in [3.05, 3.63) is 113 Å². The predicted molar refractivity (Wildman–Crippen MR) is 132 cm³/mol. The summed E-state index contributed by atoms with van der Waals surface area (Å²) in [5, 5.41) is 6.51. The van der Waals surface area contributed by atoms with Crippen molar-refractivity contribution in [3.63, 3.8) is 0 Å². The molecule has 0 atom stereocenters. The predicted octanol–water partition coefficient (Wildman–Crippen LogP) is 5.28. The van der Waals surface area contributed by atoms with E-state index in [2.05, 4.69) is 15.4 Å². The van der Waals surface area contributed by atoms with Gasteiger partial charge in [-0.3, -0.25) is 4.79 Å². The summed E-state index contributed by atoms with van der Waals surface area (Å²) in [7, 11) is -3.74. The molecule has 0 aliphatic rings. The van der Waals surface area contributed by atoms with E-state index < -0.39 is 10.0 Å². The zero-order valence-electron chi connectivity index (χ0n) is 18.0. The van der Waals surface area contributed by atoms with Gasteiger partial charge in [-0.1, -0.05) is 41.9 Å². The molecule has 4 aromatic rings. The van der Waals surface area contributed by atoms with Gasteiger partial charge in [-0.15, -0.1) is 0 Å². The second kappa shape index (κ2) is 10.6. The Morgan fingerprint density at radius 3 is 2.32 bits per heavy atom. The number of furan rings is 1. The molecule has 174 valence electrons. The van der Waals surface area contributed by atoms with Crippen LogP contribution < -0.4 is 15.4 Å². The molecule has 0 spiro atoms. The van der Waals surface area contributed by atoms with Crippen molar-refractivity contribution in [3.8, 4) is 0 Å². The number of nitrogens with one attached hydrogen (secondary N) is 3. The number of carbonyl (C=O) groups excluding carboxylic acids is 1. The Hall–Kier alpha value is -3.59. The Bertz CT molecular complexity index is 1360. The molecule has 0 saturated heterocycles. The fourth-order valence-corrected chi connectivity index (χ4v) is 4.42. The van der Waals surface area contributed by atoms with Gasteiger partial charge in [0.1, 0.15) is 5.76 Å². The Balaban J connectivity index is 1.36. The summed E-state index contributed by atoms with van der Waals surface area (Å²) in [5.74, 6) is 0.119. The number of benzene rings is 3. The van der Waals surface area contributed by atoms with Crippen LogP contribution in [0.2, 0.25) is 5.02 Å². The smallest absolute Gasteiger partial charge is 0.255 e. The number of amides is 1. The van der Waals surface area contributed by atoms with Crippen LogP contribution in [0.1, 0.15) is 21.7 Å². The first-order valence-corrected chi connectivity index (χ1v) is 12.3. The van der Waals surface area contributed by atoms with Crippen LogP contribution in [0.25, 0.3) is 0 Å². The number of hydrogen-bond donors (Lipinski definition) is 3. The molecule has 0 radical (unpaired) electrons. The molecule has 3 N–H and O–H groups in total. The normalized spacial score (nSPS) is 11.2. The monoisotopic (exact) mass is 495 g/mol. The minimum absolute atomic E-state index is 0.0362. The number of anilines is 2. The molecule has 0 saturated carbocycles. The van der Waals surface area contributed by atoms with Crippen molar-refractivity contribution < 1.29 is 17.6 Å². The van der Waals surface area contributed by atoms with E-state index in [1.165, 1.54) is 30.5 Å². The second-order valence-electron chi connectivity index (χ2n) is 7.42. The summed E-state index contributed by atoms with van der Waals surface area (Å²) in [6.07, 6.45) is 1.47. The van der Waals surface area contributed by atoms with Gasteiger partial charge >= 0.3 is 0 Å². The third-order valence-corrected chi connectivity index (χ3v) is 6.73. The molecule has 9 heteroatoms. The van der Waals surface area contributed by atoms with Crippen molar-refractivity contribution in [2.45, 2.75) is 18.0 Å². The van der Waals surface area contributed by atoms with E-state index in [1.54, 1.807) is 30.3 Å². The average molecular weight is 496 g/mol. The number of rotatable bonds is 9. The third kappa shape index (κ3) is 6.05. The molecule has 1 heterocycles. The highest BCUT2D eigenvalue weighted by Crippen LogP contribution is 2.26. The minimum Gasteiger partial charge on any atom is -0.468 e. The van der Waals surface area contributed by atoms with Crippen LogP contribution in [0.15, 0.2) is 101 Å². The second-order valence-corrected chi connectivity index (χ2v) is 9.59. The highest BCUT2D eigenvalue weighted by Gasteiger charge is 2.16. The fraction of sp³-hybridized carbons (Fsp3) is 0.0800. The van der Waals surface area contributed by atoms with Crippen LogP contribution in [0.5, 0.6) is 0 Å². The summed E-state index contributed by atoms with van der Waals surface area (Å²) < 4.78 is 32.5. The average Bonchev–Trinajstić information content (AvgIpc) is 3.37. The van der Waals surface area contributed by atoms with E-state index in [4.69, 9.17) is 16.0 Å². The molecular formula is C25H22ClN3O4S. The lowest BCUT2D eigenvalue weighted by Crippen LogP contribution is -2.23. The summed E-state index contributed by atoms with van der Waals surface area (Å²) in [4.78, 5) is 12.7. The largest absolute Gasteiger partial charge is 0.468 e. The Morgan fingerprint density at radius 2 is 1.65 bits per heavy atom. The molecule has 0 bridgehead atoms. The topological polar surface area (TPSA) is 100 Å². The van der Waals surface area contributed by atoms with Gasteiger partial charge in [0.25, 0.3) is 5.91 Å². The minimum atomic E-state index is -3.74. The van der Waals surface area contributed by atoms with Crippen molar-refractivity contribution in [2.24, 2.45) is 0 Å². The van der Waals surface area contributed by atoms with Gasteiger partial charge in [0, 0.05) is 17.8 Å². The van der Waals surface area contributed by atoms with E-state index in [9.17, 15) is 13.2 Å². The molecule has 4 rings (SSSR count). The van der Waals surface area contributed by atoms with Crippen molar-refractivity contribution in [1.29, 1.82) is 0 Å². The molecule has 0 aliphatic heterocycles. The summed E-state index contributed by atoms with van der Waals surface area (Å²) in [6.45, 7) is 0.659.